The van der Waals surface area contributed by atoms with Gasteiger partial charge in [0.1, 0.15) is 23.3 Å². The molecule has 0 aromatic heterocycles. The highest BCUT2D eigenvalue weighted by atomic mass is 16.6. The molecule has 1 fully saturated rings. The van der Waals surface area contributed by atoms with Crippen LogP contribution in [0.1, 0.15) is 60.8 Å². The highest BCUT2D eigenvalue weighted by molar-refractivity contribution is 5.92. The average Bonchev–Trinajstić information content (AvgIpc) is 2.58. The molecular weight excluding hydrogens is 394 g/mol. The molecule has 0 spiro atoms. The largest absolute Gasteiger partial charge is 0.467 e. The Morgan fingerprint density at radius 1 is 1.07 bits per heavy atom. The number of carbonyl (C=O) groups is 4. The standard InChI is InChI=1S/C20H35N3O7/c1-19(2,3)29-17(26)21-11-9-8-10-14-15(24)22-13(16(25)28-7)12-23(14)18(27)30-20(4,5)6/h13-14H,8-12H2,1-7H3,(H,21,26)(H,22,24)/t13-,14-/m0/s1. The number of esters is 1. The Bertz CT molecular complexity index is 637. The van der Waals surface area contributed by atoms with Crippen molar-refractivity contribution in [3.05, 3.63) is 0 Å². The number of hydrogen-bond donors (Lipinski definition) is 2. The minimum absolute atomic E-state index is 0.0336. The third-order valence-corrected chi connectivity index (χ3v) is 4.06. The minimum atomic E-state index is -0.944. The van der Waals surface area contributed by atoms with Crippen LogP contribution in [0.4, 0.5) is 9.59 Å². The zero-order chi connectivity index (χ0) is 23.1. The van der Waals surface area contributed by atoms with Crippen molar-refractivity contribution in [2.24, 2.45) is 0 Å². The van der Waals surface area contributed by atoms with E-state index in [-0.39, 0.29) is 6.54 Å². The molecule has 10 heteroatoms. The summed E-state index contributed by atoms with van der Waals surface area (Å²) in [6.45, 7) is 10.9. The predicted octanol–water partition coefficient (Wildman–Crippen LogP) is 1.96. The van der Waals surface area contributed by atoms with Crippen molar-refractivity contribution < 1.29 is 33.4 Å². The second-order valence-corrected chi connectivity index (χ2v) is 9.16. The van der Waals surface area contributed by atoms with E-state index in [1.54, 1.807) is 41.5 Å². The van der Waals surface area contributed by atoms with Crippen LogP contribution in [0.2, 0.25) is 0 Å². The lowest BCUT2D eigenvalue weighted by Crippen LogP contribution is -2.64. The highest BCUT2D eigenvalue weighted by Gasteiger charge is 2.41. The molecule has 0 aromatic rings. The van der Waals surface area contributed by atoms with E-state index in [9.17, 15) is 19.2 Å². The maximum atomic E-state index is 12.6. The van der Waals surface area contributed by atoms with E-state index in [4.69, 9.17) is 9.47 Å². The second-order valence-electron chi connectivity index (χ2n) is 9.16. The zero-order valence-electron chi connectivity index (χ0n) is 19.0. The number of amides is 3. The first-order chi connectivity index (χ1) is 13.7. The van der Waals surface area contributed by atoms with Crippen molar-refractivity contribution in [2.45, 2.75) is 84.1 Å². The van der Waals surface area contributed by atoms with Crippen molar-refractivity contribution >= 4 is 24.1 Å². The van der Waals surface area contributed by atoms with Gasteiger partial charge in [0.05, 0.1) is 13.7 Å². The maximum Gasteiger partial charge on any atom is 0.411 e. The summed E-state index contributed by atoms with van der Waals surface area (Å²) < 4.78 is 15.3. The van der Waals surface area contributed by atoms with Gasteiger partial charge in [0.2, 0.25) is 5.91 Å². The number of nitrogens with one attached hydrogen (secondary N) is 2. The van der Waals surface area contributed by atoms with Gasteiger partial charge in [0.15, 0.2) is 0 Å². The van der Waals surface area contributed by atoms with Crippen molar-refractivity contribution in [1.82, 2.24) is 15.5 Å². The quantitative estimate of drug-likeness (QED) is 0.376. The summed E-state index contributed by atoms with van der Waals surface area (Å²) in [6, 6.07) is -1.72. The molecule has 10 nitrogen and oxygen atoms in total. The predicted molar refractivity (Wildman–Crippen MR) is 109 cm³/mol. The number of unbranched alkanes of at least 4 members (excludes halogenated alkanes) is 1. The molecule has 0 bridgehead atoms. The molecule has 0 unspecified atom stereocenters. The summed E-state index contributed by atoms with van der Waals surface area (Å²) in [5, 5.41) is 5.25. The number of carbonyl (C=O) groups excluding carboxylic acids is 4. The van der Waals surface area contributed by atoms with Gasteiger partial charge in [-0.2, -0.15) is 0 Å². The average molecular weight is 430 g/mol. The lowest BCUT2D eigenvalue weighted by Gasteiger charge is -2.38. The second kappa shape index (κ2) is 10.5. The van der Waals surface area contributed by atoms with Gasteiger partial charge in [-0.1, -0.05) is 0 Å². The Morgan fingerprint density at radius 3 is 2.20 bits per heavy atom. The van der Waals surface area contributed by atoms with Crippen molar-refractivity contribution in [2.75, 3.05) is 20.2 Å². The molecule has 0 aromatic carbocycles. The van der Waals surface area contributed by atoms with Gasteiger partial charge < -0.3 is 24.8 Å². The number of alkyl carbamates (subject to hydrolysis) is 1. The molecule has 3 amide bonds. The zero-order valence-corrected chi connectivity index (χ0v) is 19.0. The van der Waals surface area contributed by atoms with Crippen molar-refractivity contribution in [1.29, 1.82) is 0 Å². The van der Waals surface area contributed by atoms with E-state index in [1.165, 1.54) is 12.0 Å². The van der Waals surface area contributed by atoms with Gasteiger partial charge in [-0.05, 0) is 60.8 Å². The topological polar surface area (TPSA) is 123 Å². The van der Waals surface area contributed by atoms with Crippen LogP contribution in [-0.4, -0.2) is 72.4 Å². The first kappa shape index (κ1) is 25.5. The molecule has 1 aliphatic rings. The van der Waals surface area contributed by atoms with Crippen LogP contribution in [0.3, 0.4) is 0 Å². The molecule has 1 heterocycles. The van der Waals surface area contributed by atoms with E-state index < -0.39 is 47.3 Å². The van der Waals surface area contributed by atoms with E-state index in [2.05, 4.69) is 15.4 Å². The lowest BCUT2D eigenvalue weighted by molar-refractivity contribution is -0.149. The third kappa shape index (κ3) is 8.87. The molecule has 1 rings (SSSR count). The van der Waals surface area contributed by atoms with E-state index >= 15 is 0 Å². The molecule has 0 aliphatic carbocycles. The molecular formula is C20H35N3O7. The fraction of sp³-hybridized carbons (Fsp3) is 0.800. The molecule has 1 aliphatic heterocycles. The highest BCUT2D eigenvalue weighted by Crippen LogP contribution is 2.19. The summed E-state index contributed by atoms with van der Waals surface area (Å²) in [7, 11) is 1.22. The molecule has 2 atom stereocenters. The van der Waals surface area contributed by atoms with Gasteiger partial charge in [-0.25, -0.2) is 14.4 Å². The Kier molecular flexibility index (Phi) is 8.92. The summed E-state index contributed by atoms with van der Waals surface area (Å²) in [6.07, 6.45) is 0.341. The monoisotopic (exact) mass is 429 g/mol. The summed E-state index contributed by atoms with van der Waals surface area (Å²) in [5.41, 5.74) is -1.32. The van der Waals surface area contributed by atoms with E-state index in [0.29, 0.717) is 25.8 Å². The maximum absolute atomic E-state index is 12.6. The van der Waals surface area contributed by atoms with Crippen LogP contribution < -0.4 is 10.6 Å². The Hall–Kier alpha value is -2.52. The van der Waals surface area contributed by atoms with Crippen LogP contribution in [-0.2, 0) is 23.8 Å². The van der Waals surface area contributed by atoms with Crippen molar-refractivity contribution in [3.63, 3.8) is 0 Å². The van der Waals surface area contributed by atoms with Crippen molar-refractivity contribution in [3.8, 4) is 0 Å². The number of rotatable bonds is 6. The number of methoxy groups -OCH3 is 1. The summed E-state index contributed by atoms with van der Waals surface area (Å²) >= 11 is 0. The van der Waals surface area contributed by atoms with Gasteiger partial charge in [-0.3, -0.25) is 9.69 Å². The Labute approximate surface area is 178 Å². The first-order valence-electron chi connectivity index (χ1n) is 10.1. The number of piperazine rings is 1. The first-order valence-corrected chi connectivity index (χ1v) is 10.1. The normalized spacial score (nSPS) is 19.6. The van der Waals surface area contributed by atoms with Crippen LogP contribution in [0.25, 0.3) is 0 Å². The number of hydrogen-bond acceptors (Lipinski definition) is 7. The van der Waals surface area contributed by atoms with E-state index in [0.717, 1.165) is 0 Å². The molecule has 1 saturated heterocycles. The third-order valence-electron chi connectivity index (χ3n) is 4.06. The SMILES string of the molecule is COC(=O)[C@@H]1CN(C(=O)OC(C)(C)C)[C@@H](CCCCNC(=O)OC(C)(C)C)C(=O)N1. The molecule has 30 heavy (non-hydrogen) atoms. The smallest absolute Gasteiger partial charge is 0.411 e. The van der Waals surface area contributed by atoms with Gasteiger partial charge in [-0.15, -0.1) is 0 Å². The van der Waals surface area contributed by atoms with Crippen LogP contribution >= 0.6 is 0 Å². The van der Waals surface area contributed by atoms with Gasteiger partial charge in [0, 0.05) is 6.54 Å². The van der Waals surface area contributed by atoms with E-state index in [1.807, 2.05) is 0 Å². The van der Waals surface area contributed by atoms with Gasteiger partial charge >= 0.3 is 18.2 Å². The summed E-state index contributed by atoms with van der Waals surface area (Å²) in [4.78, 5) is 50.0. The molecule has 0 saturated carbocycles. The van der Waals surface area contributed by atoms with Crippen LogP contribution in [0, 0.1) is 0 Å². The van der Waals surface area contributed by atoms with Crippen LogP contribution in [0.15, 0.2) is 0 Å². The lowest BCUT2D eigenvalue weighted by atomic mass is 10.0. The number of ether oxygens (including phenoxy) is 3. The fourth-order valence-electron chi connectivity index (χ4n) is 2.83. The molecule has 2 N–H and O–H groups in total. The van der Waals surface area contributed by atoms with Gasteiger partial charge in [0.25, 0.3) is 0 Å². The minimum Gasteiger partial charge on any atom is -0.467 e. The fourth-order valence-corrected chi connectivity index (χ4v) is 2.83. The Balaban J connectivity index is 2.67. The molecule has 0 radical (unpaired) electrons. The summed E-state index contributed by atoms with van der Waals surface area (Å²) in [5.74, 6) is -1.07. The number of nitrogens with zero attached hydrogens (tertiary/aromatic N) is 1. The van der Waals surface area contributed by atoms with Crippen LogP contribution in [0.5, 0.6) is 0 Å². The molecule has 172 valence electrons. The Morgan fingerprint density at radius 2 is 1.67 bits per heavy atom.